The molecular weight excluding hydrogens is 470 g/mol. The number of ether oxygens (including phenoxy) is 1. The standard InChI is InChI=1S/C29H25N3O3S/c1-21-19-32(20-30-21)27-17-16-23(18-28(27)35-2)31-36(33,34)29-15-9-8-14-26(29)25-13-7-6-12-24(25)22-10-4-3-5-11-22/h3-20,31H,1-2H3. The molecular formula is C29H25N3O3S. The molecule has 0 aliphatic heterocycles. The minimum atomic E-state index is -3.91. The fraction of sp³-hybridized carbons (Fsp3) is 0.0690. The van der Waals surface area contributed by atoms with E-state index in [-0.39, 0.29) is 4.90 Å². The van der Waals surface area contributed by atoms with Gasteiger partial charge < -0.3 is 9.30 Å². The van der Waals surface area contributed by atoms with Crippen LogP contribution >= 0.6 is 0 Å². The molecule has 0 amide bonds. The number of aromatic nitrogens is 2. The molecule has 0 unspecified atom stereocenters. The van der Waals surface area contributed by atoms with Crippen LogP contribution < -0.4 is 9.46 Å². The van der Waals surface area contributed by atoms with Crippen LogP contribution in [0.2, 0.25) is 0 Å². The molecule has 1 heterocycles. The molecule has 0 fully saturated rings. The van der Waals surface area contributed by atoms with Gasteiger partial charge in [-0.15, -0.1) is 0 Å². The maximum atomic E-state index is 13.6. The third-order valence-electron chi connectivity index (χ3n) is 5.90. The number of hydrogen-bond donors (Lipinski definition) is 1. The minimum absolute atomic E-state index is 0.196. The maximum Gasteiger partial charge on any atom is 0.262 e. The molecule has 1 aromatic heterocycles. The monoisotopic (exact) mass is 495 g/mol. The number of aryl methyl sites for hydroxylation is 1. The first kappa shape index (κ1) is 23.4. The third kappa shape index (κ3) is 4.61. The van der Waals surface area contributed by atoms with E-state index < -0.39 is 10.0 Å². The second kappa shape index (κ2) is 9.71. The topological polar surface area (TPSA) is 73.2 Å². The molecule has 0 saturated carbocycles. The molecule has 0 bridgehead atoms. The van der Waals surface area contributed by atoms with Crippen molar-refractivity contribution in [1.82, 2.24) is 9.55 Å². The first-order valence-corrected chi connectivity index (χ1v) is 12.9. The molecule has 1 N–H and O–H groups in total. The van der Waals surface area contributed by atoms with Gasteiger partial charge in [0.1, 0.15) is 5.75 Å². The summed E-state index contributed by atoms with van der Waals surface area (Å²) in [6.45, 7) is 1.90. The van der Waals surface area contributed by atoms with Crippen molar-refractivity contribution in [2.45, 2.75) is 11.8 Å². The summed E-state index contributed by atoms with van der Waals surface area (Å²) in [4.78, 5) is 4.45. The van der Waals surface area contributed by atoms with Crippen molar-refractivity contribution >= 4 is 15.7 Å². The van der Waals surface area contributed by atoms with Crippen LogP contribution in [0.5, 0.6) is 5.75 Å². The van der Waals surface area contributed by atoms with Crippen LogP contribution in [0.1, 0.15) is 5.69 Å². The molecule has 0 aliphatic rings. The van der Waals surface area contributed by atoms with Crippen LogP contribution in [0.25, 0.3) is 27.9 Å². The van der Waals surface area contributed by atoms with Crippen LogP contribution in [0.3, 0.4) is 0 Å². The number of rotatable bonds is 7. The molecule has 0 spiro atoms. The number of sulfonamides is 1. The lowest BCUT2D eigenvalue weighted by atomic mass is 9.95. The Kier molecular flexibility index (Phi) is 6.31. The number of nitrogens with zero attached hydrogens (tertiary/aromatic N) is 2. The summed E-state index contributed by atoms with van der Waals surface area (Å²) in [5.74, 6) is 0.523. The highest BCUT2D eigenvalue weighted by Crippen LogP contribution is 2.36. The van der Waals surface area contributed by atoms with E-state index in [4.69, 9.17) is 4.74 Å². The largest absolute Gasteiger partial charge is 0.494 e. The average Bonchev–Trinajstić information content (AvgIpc) is 3.35. The van der Waals surface area contributed by atoms with Gasteiger partial charge in [-0.2, -0.15) is 0 Å². The van der Waals surface area contributed by atoms with Crippen LogP contribution in [-0.4, -0.2) is 25.1 Å². The van der Waals surface area contributed by atoms with Gasteiger partial charge in [-0.3, -0.25) is 4.72 Å². The number of nitrogens with one attached hydrogen (secondary N) is 1. The summed E-state index contributed by atoms with van der Waals surface area (Å²) < 4.78 is 37.4. The first-order valence-electron chi connectivity index (χ1n) is 11.4. The van der Waals surface area contributed by atoms with E-state index >= 15 is 0 Å². The summed E-state index contributed by atoms with van der Waals surface area (Å²) in [6.07, 6.45) is 3.57. The summed E-state index contributed by atoms with van der Waals surface area (Å²) in [5.41, 5.74) is 5.48. The third-order valence-corrected chi connectivity index (χ3v) is 7.34. The van der Waals surface area contributed by atoms with E-state index in [1.165, 1.54) is 0 Å². The number of hydrogen-bond acceptors (Lipinski definition) is 4. The molecule has 5 aromatic rings. The lowest BCUT2D eigenvalue weighted by Gasteiger charge is -2.16. The first-order chi connectivity index (χ1) is 17.5. The number of benzene rings is 4. The van der Waals surface area contributed by atoms with Crippen LogP contribution in [0.15, 0.2) is 114 Å². The Morgan fingerprint density at radius 3 is 2.17 bits per heavy atom. The predicted molar refractivity (Wildman–Crippen MR) is 143 cm³/mol. The summed E-state index contributed by atoms with van der Waals surface area (Å²) >= 11 is 0. The van der Waals surface area contributed by atoms with E-state index in [9.17, 15) is 8.42 Å². The SMILES string of the molecule is COc1cc(NS(=O)(=O)c2ccccc2-c2ccccc2-c2ccccc2)ccc1-n1cnc(C)c1. The van der Waals surface area contributed by atoms with Crippen molar-refractivity contribution in [3.8, 4) is 33.7 Å². The summed E-state index contributed by atoms with van der Waals surface area (Å²) in [5, 5.41) is 0. The van der Waals surface area contributed by atoms with Gasteiger partial charge in [-0.05, 0) is 41.8 Å². The van der Waals surface area contributed by atoms with Gasteiger partial charge in [0.05, 0.1) is 35.4 Å². The van der Waals surface area contributed by atoms with Crippen molar-refractivity contribution in [2.24, 2.45) is 0 Å². The van der Waals surface area contributed by atoms with E-state index in [1.54, 1.807) is 43.8 Å². The smallest absolute Gasteiger partial charge is 0.262 e. The van der Waals surface area contributed by atoms with Gasteiger partial charge in [0, 0.05) is 17.8 Å². The van der Waals surface area contributed by atoms with Gasteiger partial charge >= 0.3 is 0 Å². The Balaban J connectivity index is 1.54. The fourth-order valence-corrected chi connectivity index (χ4v) is 5.50. The average molecular weight is 496 g/mol. The van der Waals surface area contributed by atoms with E-state index in [0.29, 0.717) is 17.0 Å². The van der Waals surface area contributed by atoms with E-state index in [2.05, 4.69) is 9.71 Å². The summed E-state index contributed by atoms with van der Waals surface area (Å²) in [6, 6.07) is 30.0. The fourth-order valence-electron chi connectivity index (χ4n) is 4.23. The van der Waals surface area contributed by atoms with Gasteiger partial charge in [0.25, 0.3) is 10.0 Å². The van der Waals surface area contributed by atoms with Crippen molar-refractivity contribution < 1.29 is 13.2 Å². The number of imidazole rings is 1. The predicted octanol–water partition coefficient (Wildman–Crippen LogP) is 6.32. The van der Waals surface area contributed by atoms with Gasteiger partial charge in [0.2, 0.25) is 0 Å². The lowest BCUT2D eigenvalue weighted by molar-refractivity contribution is 0.413. The minimum Gasteiger partial charge on any atom is -0.494 e. The second-order valence-electron chi connectivity index (χ2n) is 8.32. The maximum absolute atomic E-state index is 13.6. The normalized spacial score (nSPS) is 11.3. The van der Waals surface area contributed by atoms with Crippen molar-refractivity contribution in [2.75, 3.05) is 11.8 Å². The zero-order valence-electron chi connectivity index (χ0n) is 19.9. The molecule has 180 valence electrons. The second-order valence-corrected chi connectivity index (χ2v) is 9.97. The van der Waals surface area contributed by atoms with Gasteiger partial charge in [-0.1, -0.05) is 72.8 Å². The van der Waals surface area contributed by atoms with Crippen molar-refractivity contribution in [3.05, 3.63) is 115 Å². The summed E-state index contributed by atoms with van der Waals surface area (Å²) in [7, 11) is -2.36. The molecule has 0 aliphatic carbocycles. The molecule has 6 nitrogen and oxygen atoms in total. The van der Waals surface area contributed by atoms with E-state index in [0.717, 1.165) is 28.1 Å². The molecule has 0 saturated heterocycles. The highest BCUT2D eigenvalue weighted by Gasteiger charge is 2.21. The lowest BCUT2D eigenvalue weighted by Crippen LogP contribution is -2.14. The zero-order valence-corrected chi connectivity index (χ0v) is 20.7. The molecule has 4 aromatic carbocycles. The highest BCUT2D eigenvalue weighted by molar-refractivity contribution is 7.92. The quantitative estimate of drug-likeness (QED) is 0.287. The Hall–Kier alpha value is -4.36. The Bertz CT molecular complexity index is 1630. The zero-order chi connectivity index (χ0) is 25.1. The Morgan fingerprint density at radius 1 is 0.806 bits per heavy atom. The molecule has 0 radical (unpaired) electrons. The van der Waals surface area contributed by atoms with Gasteiger partial charge in [0.15, 0.2) is 0 Å². The van der Waals surface area contributed by atoms with Crippen LogP contribution in [0.4, 0.5) is 5.69 Å². The molecule has 36 heavy (non-hydrogen) atoms. The Labute approximate surface area is 210 Å². The van der Waals surface area contributed by atoms with E-state index in [1.807, 2.05) is 84.4 Å². The Morgan fingerprint density at radius 2 is 1.47 bits per heavy atom. The van der Waals surface area contributed by atoms with Crippen LogP contribution in [0, 0.1) is 6.92 Å². The molecule has 7 heteroatoms. The van der Waals surface area contributed by atoms with Crippen molar-refractivity contribution in [1.29, 1.82) is 0 Å². The highest BCUT2D eigenvalue weighted by atomic mass is 32.2. The van der Waals surface area contributed by atoms with Gasteiger partial charge in [-0.25, -0.2) is 13.4 Å². The number of methoxy groups -OCH3 is 1. The molecule has 0 atom stereocenters. The van der Waals surface area contributed by atoms with Crippen molar-refractivity contribution in [3.63, 3.8) is 0 Å². The molecule has 5 rings (SSSR count). The van der Waals surface area contributed by atoms with Crippen LogP contribution in [-0.2, 0) is 10.0 Å². The number of anilines is 1.